The van der Waals surface area contributed by atoms with Gasteiger partial charge in [-0.05, 0) is 12.1 Å². The molecular formula is C13H16Cl2N2O2. The zero-order valence-electron chi connectivity index (χ0n) is 11.0. The van der Waals surface area contributed by atoms with Crippen LogP contribution in [0.15, 0.2) is 18.2 Å². The van der Waals surface area contributed by atoms with Gasteiger partial charge in [0.1, 0.15) is 0 Å². The molecule has 0 saturated carbocycles. The van der Waals surface area contributed by atoms with Gasteiger partial charge in [-0.1, -0.05) is 50.0 Å². The maximum atomic E-state index is 11.7. The van der Waals surface area contributed by atoms with E-state index in [4.69, 9.17) is 23.2 Å². The molecule has 0 aliphatic carbocycles. The van der Waals surface area contributed by atoms with Gasteiger partial charge in [-0.2, -0.15) is 0 Å². The van der Waals surface area contributed by atoms with E-state index in [0.717, 1.165) is 0 Å². The van der Waals surface area contributed by atoms with E-state index in [-0.39, 0.29) is 23.4 Å². The van der Waals surface area contributed by atoms with E-state index in [1.54, 1.807) is 39.0 Å². The van der Waals surface area contributed by atoms with Gasteiger partial charge in [0, 0.05) is 5.41 Å². The summed E-state index contributed by atoms with van der Waals surface area (Å²) in [6.07, 6.45) is 0. The van der Waals surface area contributed by atoms with Gasteiger partial charge in [0.05, 0.1) is 22.3 Å². The molecule has 0 aliphatic heterocycles. The van der Waals surface area contributed by atoms with E-state index in [1.165, 1.54) is 0 Å². The summed E-state index contributed by atoms with van der Waals surface area (Å²) in [6.45, 7) is 5.20. The van der Waals surface area contributed by atoms with E-state index < -0.39 is 5.41 Å². The number of benzene rings is 1. The number of carbonyl (C=O) groups excluding carboxylic acids is 2. The average molecular weight is 303 g/mol. The summed E-state index contributed by atoms with van der Waals surface area (Å²) < 4.78 is 0. The van der Waals surface area contributed by atoms with Crippen LogP contribution in [0.3, 0.4) is 0 Å². The van der Waals surface area contributed by atoms with Gasteiger partial charge in [0.2, 0.25) is 11.8 Å². The summed E-state index contributed by atoms with van der Waals surface area (Å²) in [5.74, 6) is -0.554. The maximum absolute atomic E-state index is 11.7. The van der Waals surface area contributed by atoms with E-state index >= 15 is 0 Å². The molecule has 0 aromatic heterocycles. The lowest BCUT2D eigenvalue weighted by Crippen LogP contribution is -2.39. The highest BCUT2D eigenvalue weighted by molar-refractivity contribution is 6.44. The molecule has 104 valence electrons. The third-order valence-electron chi connectivity index (χ3n) is 2.32. The minimum atomic E-state index is -0.534. The molecule has 1 rings (SSSR count). The number of rotatable bonds is 3. The van der Waals surface area contributed by atoms with Crippen LogP contribution in [0, 0.1) is 5.41 Å². The average Bonchev–Trinajstić information content (AvgIpc) is 2.30. The van der Waals surface area contributed by atoms with Gasteiger partial charge < -0.3 is 10.6 Å². The smallest absolute Gasteiger partial charge is 0.243 e. The largest absolute Gasteiger partial charge is 0.347 e. The van der Waals surface area contributed by atoms with Crippen LogP contribution in [0.2, 0.25) is 10.0 Å². The standard InChI is InChI=1S/C13H16Cl2N2O2/c1-13(2,3)12(19)16-7-10(18)17-9-6-4-5-8(14)11(9)15/h4-6H,7H2,1-3H3,(H,16,19)(H,17,18). The minimum absolute atomic E-state index is 0.112. The third kappa shape index (κ3) is 4.73. The second-order valence-electron chi connectivity index (χ2n) is 5.08. The SMILES string of the molecule is CC(C)(C)C(=O)NCC(=O)Nc1cccc(Cl)c1Cl. The monoisotopic (exact) mass is 302 g/mol. The number of anilines is 1. The first-order chi connectivity index (χ1) is 8.71. The molecule has 1 aromatic carbocycles. The first-order valence-electron chi connectivity index (χ1n) is 5.74. The van der Waals surface area contributed by atoms with E-state index in [1.807, 2.05) is 0 Å². The van der Waals surface area contributed by atoms with Crippen LogP contribution < -0.4 is 10.6 Å². The summed E-state index contributed by atoms with van der Waals surface area (Å²) >= 11 is 11.8. The van der Waals surface area contributed by atoms with Crippen molar-refractivity contribution in [2.24, 2.45) is 5.41 Å². The van der Waals surface area contributed by atoms with Gasteiger partial charge in [0.15, 0.2) is 0 Å². The third-order valence-corrected chi connectivity index (χ3v) is 3.14. The van der Waals surface area contributed by atoms with Crippen molar-refractivity contribution in [3.05, 3.63) is 28.2 Å². The summed E-state index contributed by atoms with van der Waals surface area (Å²) in [5, 5.41) is 5.77. The molecule has 2 amide bonds. The number of halogens is 2. The quantitative estimate of drug-likeness (QED) is 0.901. The number of hydrogen-bond donors (Lipinski definition) is 2. The maximum Gasteiger partial charge on any atom is 0.243 e. The van der Waals surface area contributed by atoms with Gasteiger partial charge in [-0.3, -0.25) is 9.59 Å². The molecule has 0 fully saturated rings. The van der Waals surface area contributed by atoms with Gasteiger partial charge in [-0.15, -0.1) is 0 Å². The molecule has 0 spiro atoms. The van der Waals surface area contributed by atoms with Crippen molar-refractivity contribution >= 4 is 40.7 Å². The minimum Gasteiger partial charge on any atom is -0.347 e. The summed E-state index contributed by atoms with van der Waals surface area (Å²) in [7, 11) is 0. The van der Waals surface area contributed by atoms with Crippen molar-refractivity contribution in [2.75, 3.05) is 11.9 Å². The van der Waals surface area contributed by atoms with Crippen molar-refractivity contribution < 1.29 is 9.59 Å². The fourth-order valence-electron chi connectivity index (χ4n) is 1.22. The molecule has 1 aromatic rings. The van der Waals surface area contributed by atoms with Crippen LogP contribution in [-0.4, -0.2) is 18.4 Å². The number of hydrogen-bond acceptors (Lipinski definition) is 2. The topological polar surface area (TPSA) is 58.2 Å². The van der Waals surface area contributed by atoms with Crippen molar-refractivity contribution in [3.63, 3.8) is 0 Å². The highest BCUT2D eigenvalue weighted by atomic mass is 35.5. The summed E-state index contributed by atoms with van der Waals surface area (Å²) in [4.78, 5) is 23.3. The Morgan fingerprint density at radius 3 is 2.42 bits per heavy atom. The van der Waals surface area contributed by atoms with Crippen molar-refractivity contribution in [1.82, 2.24) is 5.32 Å². The second-order valence-corrected chi connectivity index (χ2v) is 5.87. The molecule has 0 aliphatic rings. The van der Waals surface area contributed by atoms with Crippen LogP contribution in [0.5, 0.6) is 0 Å². The zero-order valence-corrected chi connectivity index (χ0v) is 12.5. The second kappa shape index (κ2) is 6.26. The molecule has 0 atom stereocenters. The zero-order chi connectivity index (χ0) is 14.6. The Labute approximate surface area is 122 Å². The lowest BCUT2D eigenvalue weighted by molar-refractivity contribution is -0.130. The first-order valence-corrected chi connectivity index (χ1v) is 6.49. The first kappa shape index (κ1) is 15.8. The molecule has 0 unspecified atom stereocenters. The lowest BCUT2D eigenvalue weighted by atomic mass is 9.96. The van der Waals surface area contributed by atoms with E-state index in [0.29, 0.717) is 10.7 Å². The molecule has 4 nitrogen and oxygen atoms in total. The molecule has 6 heteroatoms. The lowest BCUT2D eigenvalue weighted by Gasteiger charge is -2.17. The van der Waals surface area contributed by atoms with Crippen LogP contribution in [0.4, 0.5) is 5.69 Å². The number of amides is 2. The highest BCUT2D eigenvalue weighted by Crippen LogP contribution is 2.29. The molecule has 0 bridgehead atoms. The molecule has 0 saturated heterocycles. The van der Waals surface area contributed by atoms with Crippen molar-refractivity contribution in [1.29, 1.82) is 0 Å². The van der Waals surface area contributed by atoms with Crippen molar-refractivity contribution in [3.8, 4) is 0 Å². The van der Waals surface area contributed by atoms with E-state index in [9.17, 15) is 9.59 Å². The fraction of sp³-hybridized carbons (Fsp3) is 0.385. The van der Waals surface area contributed by atoms with Crippen LogP contribution in [0.25, 0.3) is 0 Å². The molecular weight excluding hydrogens is 287 g/mol. The molecule has 19 heavy (non-hydrogen) atoms. The Morgan fingerprint density at radius 1 is 1.21 bits per heavy atom. The molecule has 2 N–H and O–H groups in total. The predicted octanol–water partition coefficient (Wildman–Crippen LogP) is 3.09. The van der Waals surface area contributed by atoms with E-state index in [2.05, 4.69) is 10.6 Å². The van der Waals surface area contributed by atoms with Gasteiger partial charge in [-0.25, -0.2) is 0 Å². The number of carbonyl (C=O) groups is 2. The van der Waals surface area contributed by atoms with Gasteiger partial charge >= 0.3 is 0 Å². The molecule has 0 radical (unpaired) electrons. The Hall–Kier alpha value is -1.26. The van der Waals surface area contributed by atoms with Crippen molar-refractivity contribution in [2.45, 2.75) is 20.8 Å². The Morgan fingerprint density at radius 2 is 1.84 bits per heavy atom. The Bertz CT molecular complexity index is 496. The predicted molar refractivity (Wildman–Crippen MR) is 77.6 cm³/mol. The number of nitrogens with one attached hydrogen (secondary N) is 2. The summed E-state index contributed by atoms with van der Waals surface area (Å²) in [5.41, 5.74) is -0.113. The Balaban J connectivity index is 2.57. The van der Waals surface area contributed by atoms with Crippen LogP contribution in [0.1, 0.15) is 20.8 Å². The highest BCUT2D eigenvalue weighted by Gasteiger charge is 2.21. The Kier molecular flexibility index (Phi) is 5.20. The van der Waals surface area contributed by atoms with Crippen LogP contribution >= 0.6 is 23.2 Å². The van der Waals surface area contributed by atoms with Crippen LogP contribution in [-0.2, 0) is 9.59 Å². The normalized spacial score (nSPS) is 11.0. The summed E-state index contributed by atoms with van der Waals surface area (Å²) in [6, 6.07) is 4.94. The van der Waals surface area contributed by atoms with Gasteiger partial charge in [0.25, 0.3) is 0 Å². The molecule has 0 heterocycles. The fourth-order valence-corrected chi connectivity index (χ4v) is 1.57.